The molecule has 0 saturated heterocycles. The van der Waals surface area contributed by atoms with Crippen molar-refractivity contribution in [1.29, 1.82) is 0 Å². The Morgan fingerprint density at radius 1 is 1.20 bits per heavy atom. The Bertz CT molecular complexity index is 660. The smallest absolute Gasteiger partial charge is 0.260 e. The van der Waals surface area contributed by atoms with E-state index >= 15 is 0 Å². The first-order valence-electron chi connectivity index (χ1n) is 5.90. The van der Waals surface area contributed by atoms with Crippen LogP contribution in [0.3, 0.4) is 0 Å². The lowest BCUT2D eigenvalue weighted by atomic mass is 10.3. The van der Waals surface area contributed by atoms with Gasteiger partial charge in [0.2, 0.25) is 0 Å². The maximum Gasteiger partial charge on any atom is 0.260 e. The van der Waals surface area contributed by atoms with Crippen molar-refractivity contribution in [3.8, 4) is 0 Å². The molecule has 0 unspecified atom stereocenters. The first-order chi connectivity index (χ1) is 9.54. The van der Waals surface area contributed by atoms with Crippen molar-refractivity contribution in [2.24, 2.45) is 0 Å². The van der Waals surface area contributed by atoms with Crippen molar-refractivity contribution in [3.63, 3.8) is 0 Å². The van der Waals surface area contributed by atoms with Gasteiger partial charge in [-0.1, -0.05) is 12.1 Å². The molecule has 0 aliphatic carbocycles. The summed E-state index contributed by atoms with van der Waals surface area (Å²) in [5, 5.41) is 0.0118. The van der Waals surface area contributed by atoms with Crippen LogP contribution in [0.1, 0.15) is 11.1 Å². The zero-order chi connectivity index (χ0) is 14.6. The number of hydrogen-bond acceptors (Lipinski definition) is 4. The minimum Gasteiger partial charge on any atom is -0.264 e. The third-order valence-corrected chi connectivity index (χ3v) is 4.78. The normalized spacial score (nSPS) is 11.8. The lowest BCUT2D eigenvalue weighted by Crippen LogP contribution is -2.27. The van der Waals surface area contributed by atoms with Crippen LogP contribution in [0, 0.1) is 0 Å². The Hall–Kier alpha value is -1.50. The van der Waals surface area contributed by atoms with Crippen LogP contribution in [-0.4, -0.2) is 29.7 Å². The number of sulfonamides is 1. The predicted octanol–water partition coefficient (Wildman–Crippen LogP) is 2.04. The van der Waals surface area contributed by atoms with Crippen LogP contribution >= 0.6 is 11.6 Å². The predicted molar refractivity (Wildman–Crippen MR) is 76.7 cm³/mol. The van der Waals surface area contributed by atoms with E-state index in [-0.39, 0.29) is 11.6 Å². The van der Waals surface area contributed by atoms with E-state index in [1.165, 1.54) is 23.6 Å². The van der Waals surface area contributed by atoms with Gasteiger partial charge in [0.1, 0.15) is 0 Å². The van der Waals surface area contributed by atoms with Crippen LogP contribution in [0.15, 0.2) is 47.9 Å². The van der Waals surface area contributed by atoms with Crippen molar-refractivity contribution in [3.05, 3.63) is 54.0 Å². The zero-order valence-electron chi connectivity index (χ0n) is 10.9. The summed E-state index contributed by atoms with van der Waals surface area (Å²) in [6.07, 6.45) is 4.75. The molecule has 0 aliphatic rings. The van der Waals surface area contributed by atoms with Crippen LogP contribution in [0.25, 0.3) is 0 Å². The van der Waals surface area contributed by atoms with Gasteiger partial charge in [-0.25, -0.2) is 13.4 Å². The molecule has 0 fully saturated rings. The summed E-state index contributed by atoms with van der Waals surface area (Å²) in [6, 6.07) is 6.71. The molecule has 2 heterocycles. The number of alkyl halides is 1. The summed E-state index contributed by atoms with van der Waals surface area (Å²) in [7, 11) is -2.10. The molecule has 2 aromatic rings. The van der Waals surface area contributed by atoms with Gasteiger partial charge < -0.3 is 0 Å². The van der Waals surface area contributed by atoms with Gasteiger partial charge in [0.25, 0.3) is 10.0 Å². The zero-order valence-corrected chi connectivity index (χ0v) is 12.5. The first kappa shape index (κ1) is 14.9. The van der Waals surface area contributed by atoms with E-state index in [2.05, 4.69) is 9.97 Å². The highest BCUT2D eigenvalue weighted by atomic mass is 35.5. The summed E-state index contributed by atoms with van der Waals surface area (Å²) in [5.74, 6) is 0.304. The highest BCUT2D eigenvalue weighted by Gasteiger charge is 2.22. The third kappa shape index (κ3) is 3.33. The molecule has 2 aromatic heterocycles. The Kier molecular flexibility index (Phi) is 4.69. The quantitative estimate of drug-likeness (QED) is 0.793. The molecule has 0 radical (unpaired) electrons. The maximum atomic E-state index is 12.3. The number of nitrogens with zero attached hydrogens (tertiary/aromatic N) is 3. The van der Waals surface area contributed by atoms with Crippen molar-refractivity contribution in [1.82, 2.24) is 14.3 Å². The fourth-order valence-electron chi connectivity index (χ4n) is 1.64. The molecule has 0 spiro atoms. The van der Waals surface area contributed by atoms with Gasteiger partial charge >= 0.3 is 0 Å². The van der Waals surface area contributed by atoms with E-state index < -0.39 is 10.0 Å². The number of halogens is 1. The first-order valence-corrected chi connectivity index (χ1v) is 7.87. The number of hydrogen-bond donors (Lipinski definition) is 0. The van der Waals surface area contributed by atoms with Gasteiger partial charge in [-0.2, -0.15) is 4.31 Å². The number of aromatic nitrogens is 2. The van der Waals surface area contributed by atoms with Crippen molar-refractivity contribution < 1.29 is 8.42 Å². The van der Waals surface area contributed by atoms with Crippen molar-refractivity contribution in [2.45, 2.75) is 17.5 Å². The topological polar surface area (TPSA) is 63.2 Å². The Labute approximate surface area is 123 Å². The average molecular weight is 312 g/mol. The van der Waals surface area contributed by atoms with Gasteiger partial charge in [0.05, 0.1) is 0 Å². The van der Waals surface area contributed by atoms with E-state index in [4.69, 9.17) is 11.6 Å². The summed E-state index contributed by atoms with van der Waals surface area (Å²) in [5.41, 5.74) is 1.59. The van der Waals surface area contributed by atoms with Gasteiger partial charge in [-0.05, 0) is 23.3 Å². The van der Waals surface area contributed by atoms with E-state index in [1.807, 2.05) is 6.07 Å². The van der Waals surface area contributed by atoms with Crippen molar-refractivity contribution >= 4 is 21.6 Å². The van der Waals surface area contributed by atoms with Crippen LogP contribution in [0.5, 0.6) is 0 Å². The van der Waals surface area contributed by atoms with E-state index in [9.17, 15) is 8.42 Å². The fourth-order valence-corrected chi connectivity index (χ4v) is 2.86. The van der Waals surface area contributed by atoms with E-state index in [0.717, 1.165) is 11.1 Å². The summed E-state index contributed by atoms with van der Waals surface area (Å²) in [6.45, 7) is 0.245. The highest BCUT2D eigenvalue weighted by molar-refractivity contribution is 7.89. The van der Waals surface area contributed by atoms with Crippen LogP contribution < -0.4 is 0 Å². The highest BCUT2D eigenvalue weighted by Crippen LogP contribution is 2.15. The van der Waals surface area contributed by atoms with Gasteiger partial charge in [0, 0.05) is 38.1 Å². The van der Waals surface area contributed by atoms with E-state index in [0.29, 0.717) is 5.88 Å². The van der Waals surface area contributed by atoms with Gasteiger partial charge in [0.15, 0.2) is 5.03 Å². The minimum atomic E-state index is -3.61. The Morgan fingerprint density at radius 3 is 2.55 bits per heavy atom. The largest absolute Gasteiger partial charge is 0.264 e. The number of rotatable bonds is 5. The second-order valence-corrected chi connectivity index (χ2v) is 6.52. The lowest BCUT2D eigenvalue weighted by molar-refractivity contribution is 0.463. The number of pyridine rings is 2. The molecule has 5 nitrogen and oxygen atoms in total. The molecule has 0 aromatic carbocycles. The summed E-state index contributed by atoms with van der Waals surface area (Å²) < 4.78 is 25.9. The SMILES string of the molecule is CN(Cc1cccnc1)S(=O)(=O)c1ccc(CCl)cn1. The molecular formula is C13H14ClN3O2S. The molecular weight excluding hydrogens is 298 g/mol. The molecule has 0 aliphatic heterocycles. The third-order valence-electron chi connectivity index (χ3n) is 2.75. The maximum absolute atomic E-state index is 12.3. The average Bonchev–Trinajstić information content (AvgIpc) is 2.48. The fraction of sp³-hybridized carbons (Fsp3) is 0.231. The summed E-state index contributed by atoms with van der Waals surface area (Å²) >= 11 is 5.66. The van der Waals surface area contributed by atoms with Crippen LogP contribution in [0.2, 0.25) is 0 Å². The van der Waals surface area contributed by atoms with Crippen LogP contribution in [0.4, 0.5) is 0 Å². The van der Waals surface area contributed by atoms with Crippen molar-refractivity contribution in [2.75, 3.05) is 7.05 Å². The monoisotopic (exact) mass is 311 g/mol. The molecule has 0 N–H and O–H groups in total. The van der Waals surface area contributed by atoms with Crippen LogP contribution in [-0.2, 0) is 22.4 Å². The molecule has 0 saturated carbocycles. The Morgan fingerprint density at radius 2 is 2.00 bits per heavy atom. The molecule has 106 valence electrons. The van der Waals surface area contributed by atoms with Gasteiger partial charge in [-0.3, -0.25) is 4.98 Å². The molecule has 0 atom stereocenters. The minimum absolute atomic E-state index is 0.0118. The lowest BCUT2D eigenvalue weighted by Gasteiger charge is -2.16. The molecule has 0 amide bonds. The second kappa shape index (κ2) is 6.30. The molecule has 0 bridgehead atoms. The molecule has 2 rings (SSSR count). The summed E-state index contributed by atoms with van der Waals surface area (Å²) in [4.78, 5) is 7.92. The molecule has 7 heteroatoms. The standard InChI is InChI=1S/C13H14ClN3O2S/c1-17(10-12-3-2-6-15-8-12)20(18,19)13-5-4-11(7-14)9-16-13/h2-6,8-9H,7,10H2,1H3. The second-order valence-electron chi connectivity index (χ2n) is 4.26. The van der Waals surface area contributed by atoms with Gasteiger partial charge in [-0.15, -0.1) is 11.6 Å². The van der Waals surface area contributed by atoms with E-state index in [1.54, 1.807) is 24.5 Å². The molecule has 20 heavy (non-hydrogen) atoms. The Balaban J connectivity index is 2.20.